The van der Waals surface area contributed by atoms with Crippen LogP contribution in [0.3, 0.4) is 0 Å². The van der Waals surface area contributed by atoms with Crippen molar-refractivity contribution in [3.8, 4) is 6.07 Å². The molecule has 2 aromatic carbocycles. The Bertz CT molecular complexity index is 961. The highest BCUT2D eigenvalue weighted by Gasteiger charge is 2.37. The van der Waals surface area contributed by atoms with Crippen LogP contribution >= 0.6 is 0 Å². The van der Waals surface area contributed by atoms with Gasteiger partial charge in [0.15, 0.2) is 6.10 Å². The van der Waals surface area contributed by atoms with E-state index in [4.69, 9.17) is 10.00 Å². The summed E-state index contributed by atoms with van der Waals surface area (Å²) in [5, 5.41) is 11.4. The number of ether oxygens (including phenoxy) is 1. The number of carbonyl (C=O) groups excluding carboxylic acids is 3. The van der Waals surface area contributed by atoms with Gasteiger partial charge >= 0.3 is 5.97 Å². The fraction of sp³-hybridized carbons (Fsp3) is 0.273. The van der Waals surface area contributed by atoms with Crippen molar-refractivity contribution >= 4 is 29.2 Å². The summed E-state index contributed by atoms with van der Waals surface area (Å²) in [5.41, 5.74) is 2.80. The second-order valence-electron chi connectivity index (χ2n) is 7.00. The first-order chi connectivity index (χ1) is 13.9. The highest BCUT2D eigenvalue weighted by Crippen LogP contribution is 2.26. The normalized spacial score (nSPS) is 16.8. The molecule has 1 aliphatic rings. The third kappa shape index (κ3) is 4.79. The summed E-state index contributed by atoms with van der Waals surface area (Å²) in [5.74, 6) is -1.82. The number of benzene rings is 2. The molecule has 3 rings (SSSR count). The van der Waals surface area contributed by atoms with Crippen molar-refractivity contribution in [3.05, 3.63) is 59.7 Å². The second-order valence-corrected chi connectivity index (χ2v) is 7.00. The summed E-state index contributed by atoms with van der Waals surface area (Å²) in [7, 11) is 0. The monoisotopic (exact) mass is 391 g/mol. The van der Waals surface area contributed by atoms with Gasteiger partial charge in [0.25, 0.3) is 5.91 Å². The fourth-order valence-corrected chi connectivity index (χ4v) is 3.04. The topological polar surface area (TPSA) is 99.5 Å². The standard InChI is InChI=1S/C22H21N3O4/c1-14-3-9-19(10-4-14)25-13-17(11-20(25)26)22(28)29-15(2)21(27)24-18-7-5-16(12-23)6-8-18/h3-10,15,17H,11,13H2,1-2H3,(H,24,27)/t15-,17+/m1/s1. The first-order valence-corrected chi connectivity index (χ1v) is 9.26. The van der Waals surface area contributed by atoms with E-state index in [-0.39, 0.29) is 18.9 Å². The van der Waals surface area contributed by atoms with Crippen molar-refractivity contribution in [1.82, 2.24) is 0 Å². The Labute approximate surface area is 168 Å². The van der Waals surface area contributed by atoms with Gasteiger partial charge in [-0.3, -0.25) is 14.4 Å². The molecule has 7 heteroatoms. The fourth-order valence-electron chi connectivity index (χ4n) is 3.04. The molecular weight excluding hydrogens is 370 g/mol. The number of esters is 1. The van der Waals surface area contributed by atoms with Crippen molar-refractivity contribution < 1.29 is 19.1 Å². The number of anilines is 2. The third-order valence-corrected chi connectivity index (χ3v) is 4.75. The molecule has 0 aliphatic carbocycles. The molecule has 1 N–H and O–H groups in total. The van der Waals surface area contributed by atoms with Crippen LogP contribution in [0.4, 0.5) is 11.4 Å². The predicted octanol–water partition coefficient (Wildman–Crippen LogP) is 2.79. The molecule has 1 heterocycles. The predicted molar refractivity (Wildman–Crippen MR) is 107 cm³/mol. The van der Waals surface area contributed by atoms with Crippen LogP contribution in [-0.4, -0.2) is 30.4 Å². The number of nitrogens with zero attached hydrogens (tertiary/aromatic N) is 2. The van der Waals surface area contributed by atoms with Gasteiger partial charge in [0.1, 0.15) is 0 Å². The molecule has 148 valence electrons. The van der Waals surface area contributed by atoms with Gasteiger partial charge in [0.2, 0.25) is 5.91 Å². The van der Waals surface area contributed by atoms with E-state index in [0.717, 1.165) is 11.3 Å². The molecule has 0 spiro atoms. The van der Waals surface area contributed by atoms with Crippen LogP contribution in [0.5, 0.6) is 0 Å². The summed E-state index contributed by atoms with van der Waals surface area (Å²) in [6.45, 7) is 3.66. The van der Waals surface area contributed by atoms with E-state index in [2.05, 4.69) is 5.32 Å². The van der Waals surface area contributed by atoms with E-state index < -0.39 is 23.9 Å². The minimum Gasteiger partial charge on any atom is -0.452 e. The lowest BCUT2D eigenvalue weighted by Crippen LogP contribution is -2.33. The van der Waals surface area contributed by atoms with Gasteiger partial charge in [-0.15, -0.1) is 0 Å². The van der Waals surface area contributed by atoms with Gasteiger partial charge in [0, 0.05) is 24.3 Å². The highest BCUT2D eigenvalue weighted by atomic mass is 16.5. The zero-order chi connectivity index (χ0) is 21.0. The number of aryl methyl sites for hydroxylation is 1. The average molecular weight is 391 g/mol. The van der Waals surface area contributed by atoms with Crippen molar-refractivity contribution in [2.45, 2.75) is 26.4 Å². The largest absolute Gasteiger partial charge is 0.452 e. The molecule has 29 heavy (non-hydrogen) atoms. The first-order valence-electron chi connectivity index (χ1n) is 9.26. The molecule has 1 saturated heterocycles. The molecule has 0 aromatic heterocycles. The number of nitriles is 1. The maximum Gasteiger partial charge on any atom is 0.312 e. The van der Waals surface area contributed by atoms with Crippen LogP contribution in [0, 0.1) is 24.2 Å². The number of hydrogen-bond donors (Lipinski definition) is 1. The zero-order valence-electron chi connectivity index (χ0n) is 16.2. The Morgan fingerprint density at radius 3 is 2.45 bits per heavy atom. The second kappa shape index (κ2) is 8.57. The Morgan fingerprint density at radius 1 is 1.17 bits per heavy atom. The van der Waals surface area contributed by atoms with Crippen LogP contribution in [0.25, 0.3) is 0 Å². The molecule has 1 aliphatic heterocycles. The van der Waals surface area contributed by atoms with Crippen LogP contribution in [0.1, 0.15) is 24.5 Å². The third-order valence-electron chi connectivity index (χ3n) is 4.75. The van der Waals surface area contributed by atoms with E-state index >= 15 is 0 Å². The quantitative estimate of drug-likeness (QED) is 0.790. The first kappa shape index (κ1) is 20.1. The minimum absolute atomic E-state index is 0.0523. The van der Waals surface area contributed by atoms with Crippen LogP contribution in [-0.2, 0) is 19.1 Å². The van der Waals surface area contributed by atoms with Crippen molar-refractivity contribution in [2.24, 2.45) is 5.92 Å². The summed E-state index contributed by atoms with van der Waals surface area (Å²) < 4.78 is 5.28. The Morgan fingerprint density at radius 2 is 1.83 bits per heavy atom. The lowest BCUT2D eigenvalue weighted by molar-refractivity contribution is -0.157. The van der Waals surface area contributed by atoms with Gasteiger partial charge in [-0.25, -0.2) is 0 Å². The Kier molecular flexibility index (Phi) is 5.93. The summed E-state index contributed by atoms with van der Waals surface area (Å²) in [6, 6.07) is 15.8. The van der Waals surface area contributed by atoms with E-state index in [0.29, 0.717) is 11.3 Å². The lowest BCUT2D eigenvalue weighted by Gasteiger charge is -2.18. The average Bonchev–Trinajstić information content (AvgIpc) is 3.11. The molecular formula is C22H21N3O4. The molecule has 0 unspecified atom stereocenters. The molecule has 0 radical (unpaired) electrons. The van der Waals surface area contributed by atoms with E-state index in [1.807, 2.05) is 37.3 Å². The zero-order valence-corrected chi connectivity index (χ0v) is 16.2. The summed E-state index contributed by atoms with van der Waals surface area (Å²) in [4.78, 5) is 38.6. The van der Waals surface area contributed by atoms with E-state index in [9.17, 15) is 14.4 Å². The molecule has 2 aromatic rings. The maximum absolute atomic E-state index is 12.5. The van der Waals surface area contributed by atoms with Crippen LogP contribution in [0.2, 0.25) is 0 Å². The van der Waals surface area contributed by atoms with Gasteiger partial charge < -0.3 is 15.0 Å². The number of hydrogen-bond acceptors (Lipinski definition) is 5. The number of carbonyl (C=O) groups is 3. The smallest absolute Gasteiger partial charge is 0.312 e. The van der Waals surface area contributed by atoms with Gasteiger partial charge in [-0.1, -0.05) is 17.7 Å². The lowest BCUT2D eigenvalue weighted by atomic mass is 10.1. The Balaban J connectivity index is 1.56. The highest BCUT2D eigenvalue weighted by molar-refractivity contribution is 6.00. The number of amides is 2. The van der Waals surface area contributed by atoms with Crippen molar-refractivity contribution in [3.63, 3.8) is 0 Å². The molecule has 1 fully saturated rings. The van der Waals surface area contributed by atoms with Gasteiger partial charge in [0.05, 0.1) is 17.6 Å². The van der Waals surface area contributed by atoms with Crippen molar-refractivity contribution in [1.29, 1.82) is 5.26 Å². The molecule has 0 saturated carbocycles. The van der Waals surface area contributed by atoms with Crippen LogP contribution in [0.15, 0.2) is 48.5 Å². The van der Waals surface area contributed by atoms with Crippen molar-refractivity contribution in [2.75, 3.05) is 16.8 Å². The molecule has 0 bridgehead atoms. The Hall–Kier alpha value is -3.66. The molecule has 2 atom stereocenters. The molecule has 2 amide bonds. The van der Waals surface area contributed by atoms with Gasteiger partial charge in [-0.05, 0) is 50.2 Å². The summed E-state index contributed by atoms with van der Waals surface area (Å²) in [6.07, 6.45) is -0.960. The molecule has 7 nitrogen and oxygen atoms in total. The van der Waals surface area contributed by atoms with Crippen LogP contribution < -0.4 is 10.2 Å². The van der Waals surface area contributed by atoms with E-state index in [1.54, 1.807) is 29.2 Å². The van der Waals surface area contributed by atoms with Gasteiger partial charge in [-0.2, -0.15) is 5.26 Å². The van der Waals surface area contributed by atoms with E-state index in [1.165, 1.54) is 6.92 Å². The SMILES string of the molecule is Cc1ccc(N2C[C@@H](C(=O)O[C@H](C)C(=O)Nc3ccc(C#N)cc3)CC2=O)cc1. The minimum atomic E-state index is -1.01. The number of rotatable bonds is 5. The summed E-state index contributed by atoms with van der Waals surface area (Å²) >= 11 is 0. The maximum atomic E-state index is 12.5. The number of nitrogens with one attached hydrogen (secondary N) is 1.